The third kappa shape index (κ3) is 2.72. The molecule has 0 amide bonds. The van der Waals surface area contributed by atoms with Crippen LogP contribution in [0.3, 0.4) is 0 Å². The molecule has 0 spiro atoms. The molecule has 0 aliphatic heterocycles. The first kappa shape index (κ1) is 12.5. The molecule has 4 nitrogen and oxygen atoms in total. The Labute approximate surface area is 95.3 Å². The van der Waals surface area contributed by atoms with Gasteiger partial charge in [-0.15, -0.1) is 0 Å². The van der Waals surface area contributed by atoms with Crippen LogP contribution >= 0.6 is 0 Å². The summed E-state index contributed by atoms with van der Waals surface area (Å²) in [5, 5.41) is 8.84. The van der Waals surface area contributed by atoms with E-state index in [9.17, 15) is 4.79 Å². The molecule has 0 saturated carbocycles. The monoisotopic (exact) mass is 223 g/mol. The van der Waals surface area contributed by atoms with Crippen LogP contribution in [0.15, 0.2) is 12.3 Å². The van der Waals surface area contributed by atoms with E-state index in [0.717, 1.165) is 11.1 Å². The maximum absolute atomic E-state index is 10.8. The zero-order valence-electron chi connectivity index (χ0n) is 10.1. The van der Waals surface area contributed by atoms with E-state index in [-0.39, 0.29) is 6.42 Å². The van der Waals surface area contributed by atoms with Crippen LogP contribution in [0.25, 0.3) is 0 Å². The fourth-order valence-electron chi connectivity index (χ4n) is 1.63. The standard InChI is InChI=1S/C12H17NO3/c1-8-5-9(7-13-11(8)16-4)12(2,3)6-10(14)15/h5,7H,6H2,1-4H3,(H,14,15). The summed E-state index contributed by atoms with van der Waals surface area (Å²) in [5.41, 5.74) is 1.40. The number of methoxy groups -OCH3 is 1. The van der Waals surface area contributed by atoms with Crippen LogP contribution < -0.4 is 4.74 Å². The Hall–Kier alpha value is -1.58. The molecular formula is C12H17NO3. The van der Waals surface area contributed by atoms with Crippen molar-refractivity contribution in [3.8, 4) is 5.88 Å². The zero-order valence-corrected chi connectivity index (χ0v) is 10.1. The molecule has 0 saturated heterocycles. The highest BCUT2D eigenvalue weighted by atomic mass is 16.5. The van der Waals surface area contributed by atoms with Gasteiger partial charge < -0.3 is 9.84 Å². The molecule has 88 valence electrons. The molecule has 0 unspecified atom stereocenters. The molecule has 0 atom stereocenters. The van der Waals surface area contributed by atoms with Crippen LogP contribution in [-0.2, 0) is 10.2 Å². The van der Waals surface area contributed by atoms with Crippen LogP contribution in [0.5, 0.6) is 5.88 Å². The number of nitrogens with zero attached hydrogens (tertiary/aromatic N) is 1. The number of carboxylic acids is 1. The number of aromatic nitrogens is 1. The second-order valence-corrected chi connectivity index (χ2v) is 4.50. The van der Waals surface area contributed by atoms with Gasteiger partial charge in [-0.2, -0.15) is 0 Å². The van der Waals surface area contributed by atoms with Gasteiger partial charge in [0.15, 0.2) is 0 Å². The summed E-state index contributed by atoms with van der Waals surface area (Å²) in [6, 6.07) is 1.93. The third-order valence-corrected chi connectivity index (χ3v) is 2.60. The van der Waals surface area contributed by atoms with E-state index in [1.54, 1.807) is 13.3 Å². The number of rotatable bonds is 4. The van der Waals surface area contributed by atoms with Gasteiger partial charge in [-0.25, -0.2) is 4.98 Å². The number of carbonyl (C=O) groups is 1. The summed E-state index contributed by atoms with van der Waals surface area (Å²) >= 11 is 0. The summed E-state index contributed by atoms with van der Waals surface area (Å²) in [6.45, 7) is 5.68. The van der Waals surface area contributed by atoms with Crippen molar-refractivity contribution in [1.82, 2.24) is 4.98 Å². The molecule has 0 bridgehead atoms. The lowest BCUT2D eigenvalue weighted by Gasteiger charge is -2.23. The van der Waals surface area contributed by atoms with E-state index in [4.69, 9.17) is 9.84 Å². The first-order chi connectivity index (χ1) is 7.36. The third-order valence-electron chi connectivity index (χ3n) is 2.60. The van der Waals surface area contributed by atoms with Gasteiger partial charge >= 0.3 is 5.97 Å². The Kier molecular flexibility index (Phi) is 3.52. The van der Waals surface area contributed by atoms with Gasteiger partial charge in [-0.3, -0.25) is 4.79 Å². The molecule has 4 heteroatoms. The van der Waals surface area contributed by atoms with Gasteiger partial charge in [0.2, 0.25) is 5.88 Å². The summed E-state index contributed by atoms with van der Waals surface area (Å²) < 4.78 is 5.07. The van der Waals surface area contributed by atoms with Crippen molar-refractivity contribution in [2.24, 2.45) is 0 Å². The zero-order chi connectivity index (χ0) is 12.3. The number of aryl methyl sites for hydroxylation is 1. The minimum absolute atomic E-state index is 0.0838. The van der Waals surface area contributed by atoms with Crippen LogP contribution in [0.2, 0.25) is 0 Å². The van der Waals surface area contributed by atoms with Crippen LogP contribution in [0.1, 0.15) is 31.4 Å². The van der Waals surface area contributed by atoms with Crippen LogP contribution in [-0.4, -0.2) is 23.2 Å². The Bertz CT molecular complexity index is 399. The predicted molar refractivity (Wildman–Crippen MR) is 60.8 cm³/mol. The van der Waals surface area contributed by atoms with Crippen LogP contribution in [0.4, 0.5) is 0 Å². The topological polar surface area (TPSA) is 59.4 Å². The fraction of sp³-hybridized carbons (Fsp3) is 0.500. The molecule has 0 fully saturated rings. The molecule has 1 N–H and O–H groups in total. The lowest BCUT2D eigenvalue weighted by molar-refractivity contribution is -0.138. The van der Waals surface area contributed by atoms with Crippen molar-refractivity contribution in [3.63, 3.8) is 0 Å². The van der Waals surface area contributed by atoms with Crippen LogP contribution in [0, 0.1) is 6.92 Å². The van der Waals surface area contributed by atoms with Crippen molar-refractivity contribution >= 4 is 5.97 Å². The molecule has 0 aromatic carbocycles. The minimum atomic E-state index is -0.807. The van der Waals surface area contributed by atoms with Crippen molar-refractivity contribution in [3.05, 3.63) is 23.4 Å². The molecule has 0 radical (unpaired) electrons. The second kappa shape index (κ2) is 4.51. The number of aliphatic carboxylic acids is 1. The van der Waals surface area contributed by atoms with E-state index in [1.165, 1.54) is 0 Å². The minimum Gasteiger partial charge on any atom is -0.481 e. The van der Waals surface area contributed by atoms with E-state index in [1.807, 2.05) is 26.8 Å². The molecule has 1 aromatic heterocycles. The summed E-state index contributed by atoms with van der Waals surface area (Å²) in [5.74, 6) is -0.228. The fourth-order valence-corrected chi connectivity index (χ4v) is 1.63. The highest BCUT2D eigenvalue weighted by molar-refractivity contribution is 5.68. The Balaban J connectivity index is 3.04. The van der Waals surface area contributed by atoms with Gasteiger partial charge in [-0.05, 0) is 18.6 Å². The SMILES string of the molecule is COc1ncc(C(C)(C)CC(=O)O)cc1C. The predicted octanol–water partition coefficient (Wildman–Crippen LogP) is 2.15. The molecule has 0 aliphatic rings. The number of pyridine rings is 1. The summed E-state index contributed by atoms with van der Waals surface area (Å²) in [7, 11) is 1.57. The molecule has 0 aliphatic carbocycles. The average molecular weight is 223 g/mol. The Morgan fingerprint density at radius 1 is 1.56 bits per heavy atom. The van der Waals surface area contributed by atoms with E-state index < -0.39 is 11.4 Å². The maximum atomic E-state index is 10.8. The molecule has 1 heterocycles. The van der Waals surface area contributed by atoms with Crippen molar-refractivity contribution in [2.75, 3.05) is 7.11 Å². The molecule has 1 rings (SSSR count). The van der Waals surface area contributed by atoms with Gasteiger partial charge in [-0.1, -0.05) is 13.8 Å². The number of hydrogen-bond donors (Lipinski definition) is 1. The Morgan fingerprint density at radius 3 is 2.62 bits per heavy atom. The molecule has 1 aromatic rings. The van der Waals surface area contributed by atoms with Crippen molar-refractivity contribution < 1.29 is 14.6 Å². The van der Waals surface area contributed by atoms with Gasteiger partial charge in [0.1, 0.15) is 0 Å². The number of ether oxygens (including phenoxy) is 1. The van der Waals surface area contributed by atoms with Gasteiger partial charge in [0.25, 0.3) is 0 Å². The van der Waals surface area contributed by atoms with Gasteiger partial charge in [0.05, 0.1) is 13.5 Å². The van der Waals surface area contributed by atoms with Crippen molar-refractivity contribution in [2.45, 2.75) is 32.6 Å². The molecule has 16 heavy (non-hydrogen) atoms. The summed E-state index contributed by atoms with van der Waals surface area (Å²) in [4.78, 5) is 14.9. The smallest absolute Gasteiger partial charge is 0.304 e. The maximum Gasteiger partial charge on any atom is 0.304 e. The van der Waals surface area contributed by atoms with Crippen molar-refractivity contribution in [1.29, 1.82) is 0 Å². The normalized spacial score (nSPS) is 11.2. The highest BCUT2D eigenvalue weighted by Crippen LogP contribution is 2.28. The lowest BCUT2D eigenvalue weighted by Crippen LogP contribution is -2.22. The Morgan fingerprint density at radius 2 is 2.19 bits per heavy atom. The summed E-state index contributed by atoms with van der Waals surface area (Å²) in [6.07, 6.45) is 1.76. The molecular weight excluding hydrogens is 206 g/mol. The van der Waals surface area contributed by atoms with E-state index >= 15 is 0 Å². The largest absolute Gasteiger partial charge is 0.481 e. The van der Waals surface area contributed by atoms with Gasteiger partial charge in [0, 0.05) is 17.2 Å². The second-order valence-electron chi connectivity index (χ2n) is 4.50. The number of carboxylic acid groups (broad SMARTS) is 1. The average Bonchev–Trinajstić information content (AvgIpc) is 2.15. The van der Waals surface area contributed by atoms with E-state index in [2.05, 4.69) is 4.98 Å². The van der Waals surface area contributed by atoms with E-state index in [0.29, 0.717) is 5.88 Å². The first-order valence-electron chi connectivity index (χ1n) is 5.10. The highest BCUT2D eigenvalue weighted by Gasteiger charge is 2.25. The first-order valence-corrected chi connectivity index (χ1v) is 5.10. The number of hydrogen-bond acceptors (Lipinski definition) is 3. The quantitative estimate of drug-likeness (QED) is 0.849. The lowest BCUT2D eigenvalue weighted by atomic mass is 9.82.